The third kappa shape index (κ3) is 2.81. The molecule has 0 aliphatic carbocycles. The molecule has 0 spiro atoms. The number of esters is 1. The Morgan fingerprint density at radius 3 is 2.79 bits per heavy atom. The van der Waals surface area contributed by atoms with Crippen molar-refractivity contribution in [3.63, 3.8) is 0 Å². The van der Waals surface area contributed by atoms with Crippen molar-refractivity contribution in [2.75, 3.05) is 0 Å². The number of rotatable bonds is 2. The summed E-state index contributed by atoms with van der Waals surface area (Å²) in [4.78, 5) is 15.1. The Hall–Kier alpha value is -0.360. The van der Waals surface area contributed by atoms with Gasteiger partial charge >= 0.3 is 5.97 Å². The van der Waals surface area contributed by atoms with Crippen molar-refractivity contribution in [2.24, 2.45) is 5.92 Å². The fourth-order valence-electron chi connectivity index (χ4n) is 0.710. The number of nitrogens with zero attached hydrogens (tertiary/aromatic N) is 1. The Morgan fingerprint density at radius 2 is 2.29 bits per heavy atom. The summed E-state index contributed by atoms with van der Waals surface area (Å²) < 4.78 is 5.87. The fraction of sp³-hybridized carbons (Fsp3) is 0.333. The minimum absolute atomic E-state index is 0.179. The van der Waals surface area contributed by atoms with Gasteiger partial charge in [0, 0.05) is 6.20 Å². The molecule has 1 heterocycles. The van der Waals surface area contributed by atoms with Crippen LogP contribution in [0.15, 0.2) is 12.3 Å². The van der Waals surface area contributed by atoms with E-state index in [9.17, 15) is 4.79 Å². The second-order valence-corrected chi connectivity index (χ2v) is 4.51. The molecular formula is C9H9ClINO2. The highest BCUT2D eigenvalue weighted by Crippen LogP contribution is 2.28. The number of halogens is 2. The summed E-state index contributed by atoms with van der Waals surface area (Å²) in [7, 11) is 0. The molecule has 0 fully saturated rings. The predicted molar refractivity (Wildman–Crippen MR) is 62.4 cm³/mol. The Bertz CT molecular complexity index is 334. The molecule has 0 aliphatic rings. The third-order valence-electron chi connectivity index (χ3n) is 1.49. The molecule has 0 unspecified atom stereocenters. The summed E-state index contributed by atoms with van der Waals surface area (Å²) in [6.45, 7) is 3.53. The van der Waals surface area contributed by atoms with Crippen molar-refractivity contribution in [1.29, 1.82) is 0 Å². The van der Waals surface area contributed by atoms with Crippen LogP contribution < -0.4 is 4.74 Å². The van der Waals surface area contributed by atoms with E-state index >= 15 is 0 Å². The van der Waals surface area contributed by atoms with Crippen LogP contribution in [0.4, 0.5) is 0 Å². The Morgan fingerprint density at radius 1 is 1.64 bits per heavy atom. The lowest BCUT2D eigenvalue weighted by molar-refractivity contribution is -0.137. The topological polar surface area (TPSA) is 39.2 Å². The highest BCUT2D eigenvalue weighted by Gasteiger charge is 2.15. The first-order valence-corrected chi connectivity index (χ1v) is 5.49. The van der Waals surface area contributed by atoms with Gasteiger partial charge in [0.05, 0.1) is 9.49 Å². The molecule has 0 amide bonds. The van der Waals surface area contributed by atoms with Gasteiger partial charge in [-0.1, -0.05) is 25.4 Å². The van der Waals surface area contributed by atoms with Gasteiger partial charge < -0.3 is 4.74 Å². The van der Waals surface area contributed by atoms with Crippen LogP contribution >= 0.6 is 34.2 Å². The van der Waals surface area contributed by atoms with Crippen molar-refractivity contribution in [3.05, 3.63) is 21.0 Å². The molecule has 0 radical (unpaired) electrons. The number of ether oxygens (including phenoxy) is 1. The van der Waals surface area contributed by atoms with Gasteiger partial charge in [-0.2, -0.15) is 0 Å². The SMILES string of the molecule is CC(C)C(=O)Oc1c(I)ccnc1Cl. The largest absolute Gasteiger partial charge is 0.422 e. The smallest absolute Gasteiger partial charge is 0.313 e. The summed E-state index contributed by atoms with van der Waals surface area (Å²) in [6.07, 6.45) is 1.57. The standard InChI is InChI=1S/C9H9ClINO2/c1-5(2)9(13)14-7-6(11)3-4-12-8(7)10/h3-5H,1-2H3. The molecule has 3 nitrogen and oxygen atoms in total. The van der Waals surface area contributed by atoms with E-state index in [0.29, 0.717) is 5.75 Å². The second kappa shape index (κ2) is 4.93. The van der Waals surface area contributed by atoms with Crippen molar-refractivity contribution < 1.29 is 9.53 Å². The van der Waals surface area contributed by atoms with Crippen molar-refractivity contribution in [1.82, 2.24) is 4.98 Å². The molecule has 0 aromatic carbocycles. The predicted octanol–water partition coefficient (Wildman–Crippen LogP) is 2.90. The van der Waals surface area contributed by atoms with E-state index in [-0.39, 0.29) is 17.0 Å². The average Bonchev–Trinajstić information content (AvgIpc) is 2.11. The lowest BCUT2D eigenvalue weighted by atomic mass is 10.2. The monoisotopic (exact) mass is 325 g/mol. The van der Waals surface area contributed by atoms with Gasteiger partial charge in [-0.15, -0.1) is 0 Å². The van der Waals surface area contributed by atoms with Gasteiger partial charge in [0.15, 0.2) is 10.9 Å². The molecule has 0 saturated carbocycles. The summed E-state index contributed by atoms with van der Waals surface area (Å²) in [5.74, 6) is -0.145. The Balaban J connectivity index is 2.91. The maximum absolute atomic E-state index is 11.3. The van der Waals surface area contributed by atoms with Gasteiger partial charge in [0.2, 0.25) is 0 Å². The molecule has 1 rings (SSSR count). The minimum atomic E-state index is -0.308. The molecular weight excluding hydrogens is 316 g/mol. The number of carbonyl (C=O) groups excluding carboxylic acids is 1. The van der Waals surface area contributed by atoms with Gasteiger partial charge in [0.1, 0.15) is 0 Å². The van der Waals surface area contributed by atoms with E-state index in [1.54, 1.807) is 26.1 Å². The Kier molecular flexibility index (Phi) is 4.12. The lowest BCUT2D eigenvalue weighted by Gasteiger charge is -2.08. The molecule has 0 aliphatic heterocycles. The number of carbonyl (C=O) groups is 1. The van der Waals surface area contributed by atoms with E-state index in [1.165, 1.54) is 0 Å². The first-order valence-electron chi connectivity index (χ1n) is 4.04. The van der Waals surface area contributed by atoms with E-state index in [1.807, 2.05) is 22.6 Å². The molecule has 0 atom stereocenters. The van der Waals surface area contributed by atoms with Gasteiger partial charge in [-0.25, -0.2) is 4.98 Å². The third-order valence-corrected chi connectivity index (χ3v) is 2.61. The average molecular weight is 326 g/mol. The maximum atomic E-state index is 11.3. The first kappa shape index (κ1) is 11.7. The summed E-state index contributed by atoms with van der Waals surface area (Å²) in [5, 5.41) is 0.214. The zero-order valence-corrected chi connectivity index (χ0v) is 10.7. The molecule has 76 valence electrons. The van der Waals surface area contributed by atoms with Crippen LogP contribution in [0.1, 0.15) is 13.8 Å². The molecule has 1 aromatic heterocycles. The minimum Gasteiger partial charge on any atom is -0.422 e. The molecule has 14 heavy (non-hydrogen) atoms. The Labute approximate surface area is 101 Å². The number of hydrogen-bond acceptors (Lipinski definition) is 3. The zero-order valence-electron chi connectivity index (χ0n) is 7.75. The van der Waals surface area contributed by atoms with Gasteiger partial charge in [-0.3, -0.25) is 4.79 Å². The molecule has 1 aromatic rings. The van der Waals surface area contributed by atoms with Crippen molar-refractivity contribution in [2.45, 2.75) is 13.8 Å². The van der Waals surface area contributed by atoms with Crippen molar-refractivity contribution >= 4 is 40.2 Å². The van der Waals surface area contributed by atoms with Crippen LogP contribution in [0.2, 0.25) is 5.15 Å². The van der Waals surface area contributed by atoms with Crippen LogP contribution in [-0.2, 0) is 4.79 Å². The second-order valence-electron chi connectivity index (χ2n) is 2.99. The van der Waals surface area contributed by atoms with Gasteiger partial charge in [0.25, 0.3) is 0 Å². The molecule has 0 saturated heterocycles. The molecule has 5 heteroatoms. The number of hydrogen-bond donors (Lipinski definition) is 0. The number of pyridine rings is 1. The van der Waals surface area contributed by atoms with Crippen LogP contribution in [0.25, 0.3) is 0 Å². The van der Waals surface area contributed by atoms with Crippen LogP contribution in [0.5, 0.6) is 5.75 Å². The highest BCUT2D eigenvalue weighted by molar-refractivity contribution is 14.1. The summed E-state index contributed by atoms with van der Waals surface area (Å²) in [5.41, 5.74) is 0. The highest BCUT2D eigenvalue weighted by atomic mass is 127. The quantitative estimate of drug-likeness (QED) is 0.477. The summed E-state index contributed by atoms with van der Waals surface area (Å²) >= 11 is 7.83. The van der Waals surface area contributed by atoms with Crippen LogP contribution in [0, 0.1) is 9.49 Å². The normalized spacial score (nSPS) is 10.4. The van der Waals surface area contributed by atoms with E-state index in [2.05, 4.69) is 4.98 Å². The fourth-order valence-corrected chi connectivity index (χ4v) is 1.59. The van der Waals surface area contributed by atoms with Crippen LogP contribution in [-0.4, -0.2) is 11.0 Å². The number of aromatic nitrogens is 1. The van der Waals surface area contributed by atoms with E-state index < -0.39 is 0 Å². The molecule has 0 bridgehead atoms. The lowest BCUT2D eigenvalue weighted by Crippen LogP contribution is -2.15. The maximum Gasteiger partial charge on any atom is 0.313 e. The van der Waals surface area contributed by atoms with Gasteiger partial charge in [-0.05, 0) is 28.7 Å². The first-order chi connectivity index (χ1) is 6.52. The van der Waals surface area contributed by atoms with Crippen LogP contribution in [0.3, 0.4) is 0 Å². The zero-order chi connectivity index (χ0) is 10.7. The summed E-state index contributed by atoms with van der Waals surface area (Å²) in [6, 6.07) is 1.73. The van der Waals surface area contributed by atoms with E-state index in [4.69, 9.17) is 16.3 Å². The van der Waals surface area contributed by atoms with Crippen molar-refractivity contribution in [3.8, 4) is 5.75 Å². The molecule has 0 N–H and O–H groups in total. The van der Waals surface area contributed by atoms with E-state index in [0.717, 1.165) is 3.57 Å².